The number of carbonyl (C=O) groups excluding carboxylic acids is 3. The lowest BCUT2D eigenvalue weighted by molar-refractivity contribution is -0.134. The van der Waals surface area contributed by atoms with Gasteiger partial charge in [-0.15, -0.1) is 17.0 Å². The molecule has 10 heteroatoms. The van der Waals surface area contributed by atoms with Crippen molar-refractivity contribution in [2.45, 2.75) is 44.7 Å². The first-order chi connectivity index (χ1) is 14.3. The topological polar surface area (TPSA) is 108 Å². The maximum atomic E-state index is 12.8. The molecule has 3 N–H and O–H groups in total. The van der Waals surface area contributed by atoms with Gasteiger partial charge in [-0.1, -0.05) is 12.1 Å². The number of nitrogens with zero attached hydrogens (tertiary/aromatic N) is 3. The Morgan fingerprint density at radius 3 is 2.61 bits per heavy atom. The van der Waals surface area contributed by atoms with Crippen LogP contribution in [0.2, 0.25) is 0 Å². The SMILES string of the molecule is Br.C[C@@H]1CNC[C@H](C)N1CC(=O)Nc1cccc2c(C3CCC(=O)NC3=O)nn(C)c12. The molecule has 0 radical (unpaired) electrons. The van der Waals surface area contributed by atoms with Crippen LogP contribution in [0.15, 0.2) is 18.2 Å². The Labute approximate surface area is 191 Å². The Hall–Kier alpha value is -2.30. The van der Waals surface area contributed by atoms with E-state index in [0.717, 1.165) is 24.0 Å². The summed E-state index contributed by atoms with van der Waals surface area (Å²) in [6, 6.07) is 6.17. The molecular formula is C21H29BrN6O3. The quantitative estimate of drug-likeness (QED) is 0.555. The minimum Gasteiger partial charge on any atom is -0.323 e. The van der Waals surface area contributed by atoms with Gasteiger partial charge in [-0.25, -0.2) is 0 Å². The van der Waals surface area contributed by atoms with Crippen molar-refractivity contribution >= 4 is 51.3 Å². The van der Waals surface area contributed by atoms with Crippen LogP contribution in [0.4, 0.5) is 5.69 Å². The molecule has 0 aliphatic carbocycles. The highest BCUT2D eigenvalue weighted by molar-refractivity contribution is 8.93. The van der Waals surface area contributed by atoms with E-state index in [1.54, 1.807) is 11.7 Å². The zero-order valence-electron chi connectivity index (χ0n) is 18.0. The molecule has 2 fully saturated rings. The zero-order chi connectivity index (χ0) is 21.4. The molecule has 1 unspecified atom stereocenters. The highest BCUT2D eigenvalue weighted by atomic mass is 79.9. The van der Waals surface area contributed by atoms with Crippen molar-refractivity contribution < 1.29 is 14.4 Å². The van der Waals surface area contributed by atoms with Gasteiger partial charge in [0.05, 0.1) is 29.4 Å². The summed E-state index contributed by atoms with van der Waals surface area (Å²) in [4.78, 5) is 38.9. The summed E-state index contributed by atoms with van der Waals surface area (Å²) in [5.41, 5.74) is 2.08. The van der Waals surface area contributed by atoms with E-state index in [-0.39, 0.29) is 46.8 Å². The molecule has 2 aliphatic rings. The Morgan fingerprint density at radius 1 is 1.23 bits per heavy atom. The summed E-state index contributed by atoms with van der Waals surface area (Å²) < 4.78 is 1.69. The van der Waals surface area contributed by atoms with E-state index in [2.05, 4.69) is 39.8 Å². The van der Waals surface area contributed by atoms with Crippen LogP contribution in [0.25, 0.3) is 10.9 Å². The average Bonchev–Trinajstić information content (AvgIpc) is 3.02. The standard InChI is InChI=1S/C21H28N6O3.BrH/c1-12-9-22-10-13(2)27(12)11-18(29)23-16-6-4-5-14-19(25-26(3)20(14)16)15-7-8-17(28)24-21(15)30;/h4-6,12-13,15,22H,7-11H2,1-3H3,(H,23,29)(H,24,28,30);1H/t12-,13+,15?;. The fourth-order valence-electron chi connectivity index (χ4n) is 4.51. The van der Waals surface area contributed by atoms with Crippen LogP contribution in [-0.2, 0) is 21.4 Å². The molecule has 31 heavy (non-hydrogen) atoms. The van der Waals surface area contributed by atoms with E-state index in [1.165, 1.54) is 0 Å². The number of piperidine rings is 1. The van der Waals surface area contributed by atoms with Gasteiger partial charge in [0, 0.05) is 44.0 Å². The van der Waals surface area contributed by atoms with Crippen molar-refractivity contribution in [3.05, 3.63) is 23.9 Å². The number of aryl methyl sites for hydroxylation is 1. The van der Waals surface area contributed by atoms with Gasteiger partial charge in [-0.05, 0) is 26.3 Å². The third-order valence-electron chi connectivity index (χ3n) is 6.07. The van der Waals surface area contributed by atoms with Crippen LogP contribution in [0.1, 0.15) is 38.3 Å². The van der Waals surface area contributed by atoms with E-state index in [4.69, 9.17) is 0 Å². The van der Waals surface area contributed by atoms with Gasteiger partial charge in [0.1, 0.15) is 0 Å². The number of carbonyl (C=O) groups is 3. The third-order valence-corrected chi connectivity index (χ3v) is 6.07. The monoisotopic (exact) mass is 492 g/mol. The summed E-state index contributed by atoms with van der Waals surface area (Å²) in [5.74, 6) is -1.12. The van der Waals surface area contributed by atoms with Crippen molar-refractivity contribution in [2.75, 3.05) is 25.0 Å². The second-order valence-electron chi connectivity index (χ2n) is 8.29. The van der Waals surface area contributed by atoms with Crippen molar-refractivity contribution in [3.63, 3.8) is 0 Å². The van der Waals surface area contributed by atoms with E-state index in [1.807, 2.05) is 18.2 Å². The summed E-state index contributed by atoms with van der Waals surface area (Å²) in [6.07, 6.45) is 0.734. The number of aromatic nitrogens is 2. The number of imide groups is 1. The molecule has 0 saturated carbocycles. The molecule has 2 aliphatic heterocycles. The van der Waals surface area contributed by atoms with Crippen LogP contribution in [0, 0.1) is 0 Å². The average molecular weight is 493 g/mol. The van der Waals surface area contributed by atoms with Crippen molar-refractivity contribution in [1.82, 2.24) is 25.3 Å². The molecule has 4 rings (SSSR count). The first-order valence-electron chi connectivity index (χ1n) is 10.4. The highest BCUT2D eigenvalue weighted by Crippen LogP contribution is 2.33. The number of amides is 3. The second kappa shape index (κ2) is 9.46. The van der Waals surface area contributed by atoms with Gasteiger partial charge in [0.25, 0.3) is 0 Å². The molecule has 2 aromatic rings. The number of rotatable bonds is 4. The van der Waals surface area contributed by atoms with Crippen LogP contribution in [0.5, 0.6) is 0 Å². The van der Waals surface area contributed by atoms with Crippen LogP contribution >= 0.6 is 17.0 Å². The first-order valence-corrected chi connectivity index (χ1v) is 10.4. The largest absolute Gasteiger partial charge is 0.323 e. The molecule has 0 bridgehead atoms. The fraction of sp³-hybridized carbons (Fsp3) is 0.524. The van der Waals surface area contributed by atoms with Crippen molar-refractivity contribution in [3.8, 4) is 0 Å². The predicted molar refractivity (Wildman–Crippen MR) is 123 cm³/mol. The van der Waals surface area contributed by atoms with Gasteiger partial charge < -0.3 is 10.6 Å². The number of hydrogen-bond acceptors (Lipinski definition) is 6. The third kappa shape index (κ3) is 4.65. The van der Waals surface area contributed by atoms with E-state index in [0.29, 0.717) is 30.8 Å². The molecule has 2 saturated heterocycles. The number of piperazine rings is 1. The molecular weight excluding hydrogens is 464 g/mol. The Kier molecular flexibility index (Phi) is 7.13. The van der Waals surface area contributed by atoms with Crippen LogP contribution in [0.3, 0.4) is 0 Å². The molecule has 9 nitrogen and oxygen atoms in total. The number of fused-ring (bicyclic) bond motifs is 1. The predicted octanol–water partition coefficient (Wildman–Crippen LogP) is 1.29. The number of benzene rings is 1. The lowest BCUT2D eigenvalue weighted by Gasteiger charge is -2.38. The minimum atomic E-state index is -0.472. The van der Waals surface area contributed by atoms with Gasteiger partial charge >= 0.3 is 0 Å². The smallest absolute Gasteiger partial charge is 0.238 e. The molecule has 3 amide bonds. The van der Waals surface area contributed by atoms with Crippen LogP contribution < -0.4 is 16.0 Å². The highest BCUT2D eigenvalue weighted by Gasteiger charge is 2.32. The van der Waals surface area contributed by atoms with Crippen LogP contribution in [-0.4, -0.2) is 64.1 Å². The summed E-state index contributed by atoms with van der Waals surface area (Å²) in [6.45, 7) is 6.28. The summed E-state index contributed by atoms with van der Waals surface area (Å²) >= 11 is 0. The number of nitrogens with one attached hydrogen (secondary N) is 3. The van der Waals surface area contributed by atoms with E-state index in [9.17, 15) is 14.4 Å². The van der Waals surface area contributed by atoms with Gasteiger partial charge in [0.15, 0.2) is 0 Å². The Balaban J connectivity index is 0.00000272. The lowest BCUT2D eigenvalue weighted by atomic mass is 9.92. The number of anilines is 1. The Morgan fingerprint density at radius 2 is 1.94 bits per heavy atom. The fourth-order valence-corrected chi connectivity index (χ4v) is 4.51. The van der Waals surface area contributed by atoms with Crippen molar-refractivity contribution in [1.29, 1.82) is 0 Å². The van der Waals surface area contributed by atoms with E-state index >= 15 is 0 Å². The molecule has 1 aromatic heterocycles. The van der Waals surface area contributed by atoms with Crippen molar-refractivity contribution in [2.24, 2.45) is 7.05 Å². The minimum absolute atomic E-state index is 0. The summed E-state index contributed by atoms with van der Waals surface area (Å²) in [7, 11) is 1.80. The van der Waals surface area contributed by atoms with Gasteiger partial charge in [-0.3, -0.25) is 29.3 Å². The van der Waals surface area contributed by atoms with E-state index < -0.39 is 5.92 Å². The molecule has 0 spiro atoms. The maximum absolute atomic E-state index is 12.8. The Bertz CT molecular complexity index is 996. The molecule has 3 heterocycles. The number of hydrogen-bond donors (Lipinski definition) is 3. The number of para-hydroxylation sites is 1. The first kappa shape index (κ1) is 23.4. The molecule has 168 valence electrons. The zero-order valence-corrected chi connectivity index (χ0v) is 19.7. The summed E-state index contributed by atoms with van der Waals surface area (Å²) in [5, 5.41) is 14.2. The second-order valence-corrected chi connectivity index (χ2v) is 8.29. The lowest BCUT2D eigenvalue weighted by Crippen LogP contribution is -2.56. The molecule has 3 atom stereocenters. The van der Waals surface area contributed by atoms with Gasteiger partial charge in [0.2, 0.25) is 17.7 Å². The maximum Gasteiger partial charge on any atom is 0.238 e. The molecule has 1 aromatic carbocycles. The normalized spacial score (nSPS) is 24.5. The van der Waals surface area contributed by atoms with Gasteiger partial charge in [-0.2, -0.15) is 5.10 Å². The number of halogens is 1.